The summed E-state index contributed by atoms with van der Waals surface area (Å²) in [4.78, 5) is 12.4. The van der Waals surface area contributed by atoms with E-state index in [-0.39, 0.29) is 26.3 Å². The molecule has 0 N–H and O–H groups in total. The van der Waals surface area contributed by atoms with Crippen molar-refractivity contribution < 1.29 is 4.42 Å². The van der Waals surface area contributed by atoms with Crippen molar-refractivity contribution in [3.63, 3.8) is 0 Å². The molecule has 0 bridgehead atoms. The molecule has 6 heteroatoms. The first-order valence-electron chi connectivity index (χ1n) is 6.33. The van der Waals surface area contributed by atoms with E-state index in [4.69, 9.17) is 4.42 Å². The predicted molar refractivity (Wildman–Crippen MR) is 79.8 cm³/mol. The fourth-order valence-corrected chi connectivity index (χ4v) is 4.03. The van der Waals surface area contributed by atoms with Gasteiger partial charge in [0, 0.05) is 0 Å². The number of rotatable bonds is 2. The van der Waals surface area contributed by atoms with Gasteiger partial charge in [-0.05, 0) is 0 Å². The first-order chi connectivity index (χ1) is 10.3. The number of aromatic nitrogens is 3. The van der Waals surface area contributed by atoms with Crippen molar-refractivity contribution in [1.29, 1.82) is 0 Å². The molecule has 0 saturated carbocycles. The summed E-state index contributed by atoms with van der Waals surface area (Å²) in [7, 11) is 0. The average Bonchev–Trinajstić information content (AvgIpc) is 3.14. The molecular formula is C15H9N3O2Se. The molecule has 5 nitrogen and oxygen atoms in total. The Bertz CT molecular complexity index is 969. The standard InChI is InChI=1S/C15H9N3O2Se/c19-14-11-8-4-5-9-12(11)21-18(14)15-17-16-13(20-15)10-6-2-1-3-7-10/h1-9H. The van der Waals surface area contributed by atoms with E-state index in [1.54, 1.807) is 3.56 Å². The summed E-state index contributed by atoms with van der Waals surface area (Å²) in [5, 5.41) is 8.76. The van der Waals surface area contributed by atoms with Gasteiger partial charge in [0.05, 0.1) is 0 Å². The Morgan fingerprint density at radius 1 is 0.952 bits per heavy atom. The zero-order chi connectivity index (χ0) is 14.2. The zero-order valence-corrected chi connectivity index (χ0v) is 12.5. The molecule has 102 valence electrons. The first-order valence-corrected chi connectivity index (χ1v) is 7.95. The van der Waals surface area contributed by atoms with E-state index in [0.717, 1.165) is 15.2 Å². The Morgan fingerprint density at radius 3 is 2.52 bits per heavy atom. The van der Waals surface area contributed by atoms with Crippen LogP contribution in [0.5, 0.6) is 0 Å². The minimum absolute atomic E-state index is 0.0751. The van der Waals surface area contributed by atoms with Gasteiger partial charge in [-0.25, -0.2) is 0 Å². The molecule has 0 spiro atoms. The Kier molecular flexibility index (Phi) is 2.84. The van der Waals surface area contributed by atoms with Crippen LogP contribution in [0.15, 0.2) is 63.8 Å². The molecule has 21 heavy (non-hydrogen) atoms. The molecule has 0 radical (unpaired) electrons. The Balaban J connectivity index is 1.85. The molecule has 2 aromatic carbocycles. The molecule has 0 fully saturated rings. The number of fused-ring (bicyclic) bond motifs is 1. The van der Waals surface area contributed by atoms with Gasteiger partial charge in [-0.3, -0.25) is 0 Å². The molecule has 0 unspecified atom stereocenters. The van der Waals surface area contributed by atoms with Crippen molar-refractivity contribution >= 4 is 24.4 Å². The molecule has 2 aromatic heterocycles. The fraction of sp³-hybridized carbons (Fsp3) is 0. The molecule has 2 heterocycles. The second kappa shape index (κ2) is 4.84. The number of hydrogen-bond donors (Lipinski definition) is 0. The molecular weight excluding hydrogens is 333 g/mol. The van der Waals surface area contributed by atoms with Crippen LogP contribution >= 0.6 is 0 Å². The van der Waals surface area contributed by atoms with Crippen molar-refractivity contribution in [2.45, 2.75) is 0 Å². The molecule has 0 aliphatic carbocycles. The fourth-order valence-electron chi connectivity index (χ4n) is 2.09. The third-order valence-electron chi connectivity index (χ3n) is 3.10. The van der Waals surface area contributed by atoms with E-state index in [1.807, 2.05) is 54.6 Å². The van der Waals surface area contributed by atoms with Gasteiger partial charge in [0.15, 0.2) is 0 Å². The normalized spacial score (nSPS) is 11.0. The van der Waals surface area contributed by atoms with Crippen molar-refractivity contribution in [3.05, 3.63) is 65.0 Å². The third kappa shape index (κ3) is 2.05. The van der Waals surface area contributed by atoms with Gasteiger partial charge in [-0.1, -0.05) is 0 Å². The molecule has 4 rings (SSSR count). The molecule has 0 saturated heterocycles. The van der Waals surface area contributed by atoms with Crippen molar-refractivity contribution in [3.8, 4) is 17.5 Å². The SMILES string of the molecule is O=c1c2ccccc2[se]n1-c1nnc(-c2ccccc2)o1. The summed E-state index contributed by atoms with van der Waals surface area (Å²) in [6.45, 7) is 0. The van der Waals surface area contributed by atoms with Crippen LogP contribution in [-0.2, 0) is 0 Å². The molecule has 0 atom stereocenters. The van der Waals surface area contributed by atoms with Crippen LogP contribution in [0.4, 0.5) is 0 Å². The van der Waals surface area contributed by atoms with E-state index >= 15 is 0 Å². The quantitative estimate of drug-likeness (QED) is 0.524. The van der Waals surface area contributed by atoms with E-state index in [0.29, 0.717) is 5.89 Å². The van der Waals surface area contributed by atoms with Gasteiger partial charge in [0.1, 0.15) is 0 Å². The van der Waals surface area contributed by atoms with Gasteiger partial charge >= 0.3 is 125 Å². The Morgan fingerprint density at radius 2 is 1.71 bits per heavy atom. The Labute approximate surface area is 125 Å². The second-order valence-electron chi connectivity index (χ2n) is 4.44. The van der Waals surface area contributed by atoms with Crippen LogP contribution in [0.25, 0.3) is 27.1 Å². The van der Waals surface area contributed by atoms with Crippen molar-refractivity contribution in [1.82, 2.24) is 13.8 Å². The van der Waals surface area contributed by atoms with Crippen LogP contribution in [0, 0.1) is 0 Å². The molecule has 0 amide bonds. The summed E-state index contributed by atoms with van der Waals surface area (Å²) < 4.78 is 8.26. The van der Waals surface area contributed by atoms with Crippen LogP contribution in [-0.4, -0.2) is 28.5 Å². The van der Waals surface area contributed by atoms with Gasteiger partial charge in [-0.15, -0.1) is 0 Å². The molecule has 4 aromatic rings. The maximum atomic E-state index is 12.4. The van der Waals surface area contributed by atoms with E-state index < -0.39 is 0 Å². The second-order valence-corrected chi connectivity index (χ2v) is 6.51. The van der Waals surface area contributed by atoms with E-state index in [2.05, 4.69) is 10.2 Å². The summed E-state index contributed by atoms with van der Waals surface area (Å²) in [5.41, 5.74) is 0.766. The van der Waals surface area contributed by atoms with E-state index in [9.17, 15) is 4.79 Å². The number of hydrogen-bond acceptors (Lipinski definition) is 4. The summed E-state index contributed by atoms with van der Waals surface area (Å²) in [6, 6.07) is 17.3. The van der Waals surface area contributed by atoms with Crippen molar-refractivity contribution in [2.24, 2.45) is 0 Å². The zero-order valence-electron chi connectivity index (χ0n) is 10.8. The van der Waals surface area contributed by atoms with Crippen LogP contribution in [0.3, 0.4) is 0 Å². The average molecular weight is 342 g/mol. The monoisotopic (exact) mass is 343 g/mol. The third-order valence-corrected chi connectivity index (χ3v) is 5.32. The molecule has 0 aliphatic heterocycles. The topological polar surface area (TPSA) is 60.9 Å². The van der Waals surface area contributed by atoms with Crippen molar-refractivity contribution in [2.75, 3.05) is 0 Å². The van der Waals surface area contributed by atoms with Gasteiger partial charge in [-0.2, -0.15) is 0 Å². The Hall–Kier alpha value is -2.43. The summed E-state index contributed by atoms with van der Waals surface area (Å²) >= 11 is -0.159. The summed E-state index contributed by atoms with van der Waals surface area (Å²) in [6.07, 6.45) is 0. The van der Waals surface area contributed by atoms with Gasteiger partial charge in [0.2, 0.25) is 0 Å². The van der Waals surface area contributed by atoms with Crippen LogP contribution in [0.1, 0.15) is 0 Å². The number of nitrogens with zero attached hydrogens (tertiary/aromatic N) is 3. The summed E-state index contributed by atoms with van der Waals surface area (Å²) in [5.74, 6) is 0.421. The van der Waals surface area contributed by atoms with Crippen LogP contribution < -0.4 is 5.56 Å². The first kappa shape index (κ1) is 12.3. The minimum atomic E-state index is -0.159. The predicted octanol–water partition coefficient (Wildman–Crippen LogP) is 2.10. The van der Waals surface area contributed by atoms with E-state index in [1.165, 1.54) is 0 Å². The van der Waals surface area contributed by atoms with Gasteiger partial charge in [0.25, 0.3) is 0 Å². The van der Waals surface area contributed by atoms with Gasteiger partial charge < -0.3 is 0 Å². The van der Waals surface area contributed by atoms with Crippen LogP contribution in [0.2, 0.25) is 0 Å². The molecule has 0 aliphatic rings. The maximum absolute atomic E-state index is 12.4. The number of benzene rings is 2.